The van der Waals surface area contributed by atoms with Crippen molar-refractivity contribution in [1.82, 2.24) is 4.48 Å². The van der Waals surface area contributed by atoms with Crippen LogP contribution in [0.4, 0.5) is 0 Å². The first-order chi connectivity index (χ1) is 15.9. The molecule has 1 aliphatic rings. The number of nitrogens with zero attached hydrogens (tertiary/aromatic N) is 2. The first-order valence-electron chi connectivity index (χ1n) is 10.2. The Labute approximate surface area is 203 Å². The molecule has 0 saturated carbocycles. The van der Waals surface area contributed by atoms with Crippen LogP contribution in [0.15, 0.2) is 103 Å². The normalized spacial score (nSPS) is 14.4. The van der Waals surface area contributed by atoms with E-state index in [1.807, 2.05) is 12.3 Å². The lowest BCUT2D eigenvalue weighted by atomic mass is 9.51. The molecule has 6 rings (SSSR count). The van der Waals surface area contributed by atoms with Gasteiger partial charge in [0.15, 0.2) is 0 Å². The molecule has 0 spiro atoms. The number of thiophene rings is 4. The van der Waals surface area contributed by atoms with Gasteiger partial charge in [-0.2, -0.15) is 34.0 Å². The van der Waals surface area contributed by atoms with E-state index in [0.29, 0.717) is 0 Å². The molecule has 7 heteroatoms. The van der Waals surface area contributed by atoms with Gasteiger partial charge >= 0.3 is 6.85 Å². The number of rotatable bonds is 6. The molecule has 154 valence electrons. The number of allylic oxidation sites excluding steroid dienone is 2. The van der Waals surface area contributed by atoms with Gasteiger partial charge in [-0.3, -0.25) is 4.99 Å². The molecule has 2 nitrogen and oxygen atoms in total. The highest BCUT2D eigenvalue weighted by Gasteiger charge is 2.30. The minimum atomic E-state index is 0.0947. The SMILES string of the molecule is C1=C/C(=C(\c2cccs2)c2ccc(-c3ccsc3)n2B(c2ccsc2)c2ccsc2)N=C1. The zero-order valence-electron chi connectivity index (χ0n) is 16.9. The van der Waals surface area contributed by atoms with E-state index in [2.05, 4.69) is 90.7 Å². The van der Waals surface area contributed by atoms with E-state index in [0.717, 1.165) is 5.70 Å². The molecule has 5 aromatic rings. The monoisotopic (exact) mass is 484 g/mol. The summed E-state index contributed by atoms with van der Waals surface area (Å²) < 4.78 is 2.51. The summed E-state index contributed by atoms with van der Waals surface area (Å²) in [4.78, 5) is 5.94. The van der Waals surface area contributed by atoms with Gasteiger partial charge in [0.05, 0.1) is 5.70 Å². The zero-order valence-corrected chi connectivity index (χ0v) is 20.2. The maximum absolute atomic E-state index is 4.71. The molecule has 32 heavy (non-hydrogen) atoms. The van der Waals surface area contributed by atoms with Gasteiger partial charge in [-0.15, -0.1) is 11.3 Å². The Morgan fingerprint density at radius 3 is 2.19 bits per heavy atom. The molecule has 0 aromatic carbocycles. The van der Waals surface area contributed by atoms with Crippen molar-refractivity contribution in [2.24, 2.45) is 4.99 Å². The van der Waals surface area contributed by atoms with Crippen LogP contribution in [-0.2, 0) is 0 Å². The van der Waals surface area contributed by atoms with Crippen LogP contribution >= 0.6 is 45.3 Å². The molecule has 5 aromatic heterocycles. The summed E-state index contributed by atoms with van der Waals surface area (Å²) in [5.41, 5.74) is 8.48. The lowest BCUT2D eigenvalue weighted by Crippen LogP contribution is -2.48. The van der Waals surface area contributed by atoms with Crippen molar-refractivity contribution in [2.45, 2.75) is 0 Å². The Morgan fingerprint density at radius 1 is 0.812 bits per heavy atom. The van der Waals surface area contributed by atoms with Crippen LogP contribution < -0.4 is 10.9 Å². The smallest absolute Gasteiger partial charge is 0.329 e. The van der Waals surface area contributed by atoms with E-state index < -0.39 is 0 Å². The van der Waals surface area contributed by atoms with Gasteiger partial charge in [0.1, 0.15) is 0 Å². The molecule has 0 radical (unpaired) electrons. The third kappa shape index (κ3) is 3.51. The van der Waals surface area contributed by atoms with E-state index in [1.165, 1.54) is 38.3 Å². The third-order valence-corrected chi connectivity index (χ3v) is 8.52. The van der Waals surface area contributed by atoms with Crippen molar-refractivity contribution in [1.29, 1.82) is 0 Å². The molecule has 0 bridgehead atoms. The average Bonchev–Trinajstić information content (AvgIpc) is 3.67. The average molecular weight is 485 g/mol. The van der Waals surface area contributed by atoms with E-state index in [1.54, 1.807) is 45.3 Å². The molecule has 1 aliphatic heterocycles. The molecular formula is C25H17BN2S4. The van der Waals surface area contributed by atoms with Crippen LogP contribution in [0.2, 0.25) is 0 Å². The maximum atomic E-state index is 4.71. The van der Waals surface area contributed by atoms with Crippen LogP contribution in [-0.4, -0.2) is 17.5 Å². The van der Waals surface area contributed by atoms with Gasteiger partial charge < -0.3 is 4.48 Å². The predicted molar refractivity (Wildman–Crippen MR) is 145 cm³/mol. The van der Waals surface area contributed by atoms with E-state index in [9.17, 15) is 0 Å². The summed E-state index contributed by atoms with van der Waals surface area (Å²) in [6.07, 6.45) is 6.01. The van der Waals surface area contributed by atoms with E-state index in [-0.39, 0.29) is 6.85 Å². The molecule has 0 N–H and O–H groups in total. The minimum absolute atomic E-state index is 0.0947. The molecule has 0 atom stereocenters. The lowest BCUT2D eigenvalue weighted by Gasteiger charge is -2.22. The predicted octanol–water partition coefficient (Wildman–Crippen LogP) is 6.46. The van der Waals surface area contributed by atoms with Crippen molar-refractivity contribution in [3.05, 3.63) is 109 Å². The number of aromatic nitrogens is 1. The lowest BCUT2D eigenvalue weighted by molar-refractivity contribution is 1.18. The van der Waals surface area contributed by atoms with Crippen LogP contribution in [0.3, 0.4) is 0 Å². The second-order valence-corrected chi connectivity index (χ2v) is 10.7. The molecule has 0 amide bonds. The van der Waals surface area contributed by atoms with Crippen LogP contribution in [0.1, 0.15) is 10.6 Å². The van der Waals surface area contributed by atoms with Gasteiger partial charge in [0, 0.05) is 33.6 Å². The van der Waals surface area contributed by atoms with Gasteiger partial charge in [-0.1, -0.05) is 18.2 Å². The summed E-state index contributed by atoms with van der Waals surface area (Å²) >= 11 is 7.00. The molecule has 0 unspecified atom stereocenters. The molecule has 0 saturated heterocycles. The van der Waals surface area contributed by atoms with Gasteiger partial charge in [0.25, 0.3) is 0 Å². The summed E-state index contributed by atoms with van der Waals surface area (Å²) in [5, 5.41) is 15.4. The first-order valence-corrected chi connectivity index (χ1v) is 13.9. The second kappa shape index (κ2) is 8.67. The van der Waals surface area contributed by atoms with E-state index in [4.69, 9.17) is 4.99 Å². The number of hydrogen-bond acceptors (Lipinski definition) is 5. The minimum Gasteiger partial charge on any atom is -0.376 e. The number of hydrogen-bond donors (Lipinski definition) is 0. The fourth-order valence-electron chi connectivity index (χ4n) is 4.18. The van der Waals surface area contributed by atoms with Crippen LogP contribution in [0, 0.1) is 0 Å². The molecule has 6 heterocycles. The highest BCUT2D eigenvalue weighted by molar-refractivity contribution is 7.12. The maximum Gasteiger partial charge on any atom is 0.329 e. The third-order valence-electron chi connectivity index (χ3n) is 5.54. The summed E-state index contributed by atoms with van der Waals surface area (Å²) in [6.45, 7) is 0.0947. The van der Waals surface area contributed by atoms with Gasteiger partial charge in [-0.05, 0) is 85.0 Å². The summed E-state index contributed by atoms with van der Waals surface area (Å²) in [5.74, 6) is 0. The standard InChI is InChI=1S/C25H17BN2S4/c1-3-21(27-10-1)25(24-4-2-11-32-24)23-6-5-22(18-7-12-29-15-18)28(23)26(19-8-13-30-16-19)20-9-14-31-17-20/h1-17H/b25-21+. The largest absolute Gasteiger partial charge is 0.376 e. The Kier molecular flexibility index (Phi) is 5.41. The Morgan fingerprint density at radius 2 is 1.59 bits per heavy atom. The summed E-state index contributed by atoms with van der Waals surface area (Å²) in [7, 11) is 0. The van der Waals surface area contributed by atoms with Crippen molar-refractivity contribution in [2.75, 3.05) is 0 Å². The fourth-order valence-corrected chi connectivity index (χ4v) is 6.98. The quantitative estimate of drug-likeness (QED) is 0.246. The van der Waals surface area contributed by atoms with Crippen molar-refractivity contribution < 1.29 is 0 Å². The van der Waals surface area contributed by atoms with Gasteiger partial charge in [-0.25, -0.2) is 0 Å². The Hall–Kier alpha value is -2.71. The van der Waals surface area contributed by atoms with Crippen molar-refractivity contribution >= 4 is 74.9 Å². The van der Waals surface area contributed by atoms with Crippen LogP contribution in [0.5, 0.6) is 0 Å². The Balaban J connectivity index is 1.67. The highest BCUT2D eigenvalue weighted by Crippen LogP contribution is 2.36. The zero-order chi connectivity index (χ0) is 21.3. The van der Waals surface area contributed by atoms with Crippen molar-refractivity contribution in [3.63, 3.8) is 0 Å². The van der Waals surface area contributed by atoms with Crippen LogP contribution in [0.25, 0.3) is 16.8 Å². The first kappa shape index (κ1) is 19.9. The molecule has 0 fully saturated rings. The van der Waals surface area contributed by atoms with Crippen molar-refractivity contribution in [3.8, 4) is 11.3 Å². The molecule has 0 aliphatic carbocycles. The summed E-state index contributed by atoms with van der Waals surface area (Å²) in [6, 6.07) is 15.6. The van der Waals surface area contributed by atoms with Gasteiger partial charge in [0.2, 0.25) is 0 Å². The second-order valence-electron chi connectivity index (χ2n) is 7.38. The Bertz CT molecular complexity index is 1350. The fraction of sp³-hybridized carbons (Fsp3) is 0. The topological polar surface area (TPSA) is 17.3 Å². The number of aliphatic imine (C=N–C) groups is 1. The van der Waals surface area contributed by atoms with E-state index >= 15 is 0 Å². The highest BCUT2D eigenvalue weighted by atomic mass is 32.1. The molecular weight excluding hydrogens is 467 g/mol.